The predicted octanol–water partition coefficient (Wildman–Crippen LogP) is 2.96. The highest BCUT2D eigenvalue weighted by atomic mass is 127. The van der Waals surface area contributed by atoms with Gasteiger partial charge in [-0.3, -0.25) is 0 Å². The second-order valence-electron chi connectivity index (χ2n) is 3.12. The Kier molecular flexibility index (Phi) is 4.00. The highest BCUT2D eigenvalue weighted by Gasteiger charge is 2.02. The fraction of sp³-hybridized carbons (Fsp3) is 0.0909. The van der Waals surface area contributed by atoms with Gasteiger partial charge in [0.1, 0.15) is 11.6 Å². The summed E-state index contributed by atoms with van der Waals surface area (Å²) in [5.74, 6) is 2.07. The molecule has 0 spiro atoms. The van der Waals surface area contributed by atoms with Gasteiger partial charge in [-0.1, -0.05) is 18.2 Å². The van der Waals surface area contributed by atoms with Crippen LogP contribution in [0.4, 0.5) is 5.82 Å². The monoisotopic (exact) mass is 343 g/mol. The van der Waals surface area contributed by atoms with Gasteiger partial charge >= 0.3 is 0 Å². The molecule has 0 saturated carbocycles. The van der Waals surface area contributed by atoms with Crippen LogP contribution in [0.1, 0.15) is 5.82 Å². The number of hydrogen-bond donors (Lipinski definition) is 1. The Balaban J connectivity index is 2.03. The zero-order chi connectivity index (χ0) is 11.4. The minimum Gasteiger partial charge on any atom is -0.383 e. The van der Waals surface area contributed by atoms with Gasteiger partial charge in [0.2, 0.25) is 0 Å². The first-order valence-electron chi connectivity index (χ1n) is 4.70. The number of benzene rings is 1. The molecule has 3 nitrogen and oxygen atoms in total. The summed E-state index contributed by atoms with van der Waals surface area (Å²) in [5.41, 5.74) is 5.72. The standard InChI is InChI=1S/C11H10IN3S/c12-9-6-14-10(15-11(9)13)7-16-8-4-2-1-3-5-8/h1-6H,7H2,(H2,13,14,15). The van der Waals surface area contributed by atoms with E-state index < -0.39 is 0 Å². The van der Waals surface area contributed by atoms with E-state index in [9.17, 15) is 0 Å². The van der Waals surface area contributed by atoms with Crippen LogP contribution < -0.4 is 5.73 Å². The fourth-order valence-corrected chi connectivity index (χ4v) is 2.20. The van der Waals surface area contributed by atoms with Crippen molar-refractivity contribution in [2.75, 3.05) is 5.73 Å². The van der Waals surface area contributed by atoms with E-state index >= 15 is 0 Å². The van der Waals surface area contributed by atoms with Gasteiger partial charge in [0, 0.05) is 11.1 Å². The molecule has 1 aromatic carbocycles. The van der Waals surface area contributed by atoms with Gasteiger partial charge in [0.25, 0.3) is 0 Å². The summed E-state index contributed by atoms with van der Waals surface area (Å²) in [5, 5.41) is 0. The number of nitrogen functional groups attached to an aromatic ring is 1. The summed E-state index contributed by atoms with van der Waals surface area (Å²) in [6.07, 6.45) is 1.75. The summed E-state index contributed by atoms with van der Waals surface area (Å²) in [6.45, 7) is 0. The first kappa shape index (κ1) is 11.7. The quantitative estimate of drug-likeness (QED) is 0.688. The van der Waals surface area contributed by atoms with E-state index in [0.717, 1.165) is 15.1 Å². The molecule has 0 amide bonds. The number of halogens is 1. The Morgan fingerprint density at radius 1 is 1.25 bits per heavy atom. The van der Waals surface area contributed by atoms with E-state index in [2.05, 4.69) is 44.7 Å². The van der Waals surface area contributed by atoms with Crippen molar-refractivity contribution in [2.45, 2.75) is 10.6 Å². The van der Waals surface area contributed by atoms with Crippen LogP contribution >= 0.6 is 34.4 Å². The summed E-state index contributed by atoms with van der Waals surface area (Å²) in [7, 11) is 0. The van der Waals surface area contributed by atoms with Gasteiger partial charge in [-0.2, -0.15) is 0 Å². The molecule has 0 unspecified atom stereocenters. The minimum absolute atomic E-state index is 0.555. The van der Waals surface area contributed by atoms with Crippen LogP contribution in [0.5, 0.6) is 0 Å². The van der Waals surface area contributed by atoms with Gasteiger partial charge in [-0.25, -0.2) is 9.97 Å². The van der Waals surface area contributed by atoms with Crippen LogP contribution in [-0.2, 0) is 5.75 Å². The lowest BCUT2D eigenvalue weighted by atomic mass is 10.4. The van der Waals surface area contributed by atoms with Gasteiger partial charge in [-0.15, -0.1) is 11.8 Å². The second kappa shape index (κ2) is 5.49. The van der Waals surface area contributed by atoms with E-state index in [1.165, 1.54) is 4.90 Å². The van der Waals surface area contributed by atoms with Crippen molar-refractivity contribution in [1.82, 2.24) is 9.97 Å². The molecule has 0 aliphatic rings. The van der Waals surface area contributed by atoms with Crippen molar-refractivity contribution >= 4 is 40.2 Å². The SMILES string of the molecule is Nc1nc(CSc2ccccc2)ncc1I. The van der Waals surface area contributed by atoms with Gasteiger partial charge < -0.3 is 5.73 Å². The maximum Gasteiger partial charge on any atom is 0.140 e. The maximum atomic E-state index is 5.72. The lowest BCUT2D eigenvalue weighted by molar-refractivity contribution is 1.03. The number of nitrogens with two attached hydrogens (primary N) is 1. The number of hydrogen-bond acceptors (Lipinski definition) is 4. The molecule has 0 aliphatic heterocycles. The number of nitrogens with zero attached hydrogens (tertiary/aromatic N) is 2. The van der Waals surface area contributed by atoms with Crippen molar-refractivity contribution in [2.24, 2.45) is 0 Å². The molecular weight excluding hydrogens is 333 g/mol. The normalized spacial score (nSPS) is 10.3. The average Bonchev–Trinajstić information content (AvgIpc) is 2.32. The molecule has 0 fully saturated rings. The van der Waals surface area contributed by atoms with E-state index in [1.54, 1.807) is 18.0 Å². The molecule has 2 N–H and O–H groups in total. The van der Waals surface area contributed by atoms with Crippen molar-refractivity contribution in [3.63, 3.8) is 0 Å². The third kappa shape index (κ3) is 3.08. The molecule has 5 heteroatoms. The van der Waals surface area contributed by atoms with E-state index in [4.69, 9.17) is 5.73 Å². The smallest absolute Gasteiger partial charge is 0.140 e. The van der Waals surface area contributed by atoms with E-state index in [0.29, 0.717) is 5.82 Å². The zero-order valence-electron chi connectivity index (χ0n) is 8.43. The maximum absolute atomic E-state index is 5.72. The Bertz CT molecular complexity index is 476. The highest BCUT2D eigenvalue weighted by Crippen LogP contribution is 2.21. The van der Waals surface area contributed by atoms with Crippen molar-refractivity contribution in [1.29, 1.82) is 0 Å². The largest absolute Gasteiger partial charge is 0.383 e. The summed E-state index contributed by atoms with van der Waals surface area (Å²) < 4.78 is 0.895. The molecule has 1 heterocycles. The molecule has 0 saturated heterocycles. The van der Waals surface area contributed by atoms with Gasteiger partial charge in [0.15, 0.2) is 0 Å². The second-order valence-corrected chi connectivity index (χ2v) is 5.33. The van der Waals surface area contributed by atoms with E-state index in [1.807, 2.05) is 18.2 Å². The van der Waals surface area contributed by atoms with Crippen molar-refractivity contribution in [3.8, 4) is 0 Å². The molecule has 2 aromatic rings. The number of anilines is 1. The Hall–Kier alpha value is -0.820. The summed E-state index contributed by atoms with van der Waals surface area (Å²) >= 11 is 3.83. The topological polar surface area (TPSA) is 51.8 Å². The molecule has 2 rings (SSSR count). The molecular formula is C11H10IN3S. The first-order chi connectivity index (χ1) is 7.75. The third-order valence-electron chi connectivity index (χ3n) is 1.93. The lowest BCUT2D eigenvalue weighted by Gasteiger charge is -2.02. The van der Waals surface area contributed by atoms with Crippen LogP contribution in [0.15, 0.2) is 41.4 Å². The summed E-state index contributed by atoms with van der Waals surface area (Å²) in [4.78, 5) is 9.67. The highest BCUT2D eigenvalue weighted by molar-refractivity contribution is 14.1. The predicted molar refractivity (Wildman–Crippen MR) is 75.2 cm³/mol. The molecule has 0 bridgehead atoms. The number of aromatic nitrogens is 2. The van der Waals surface area contributed by atoms with Crippen LogP contribution in [0.3, 0.4) is 0 Å². The van der Waals surface area contributed by atoms with Crippen LogP contribution in [0.2, 0.25) is 0 Å². The first-order valence-corrected chi connectivity index (χ1v) is 6.77. The lowest BCUT2D eigenvalue weighted by Crippen LogP contribution is -2.00. The molecule has 0 atom stereocenters. The number of thioether (sulfide) groups is 1. The van der Waals surface area contributed by atoms with Crippen LogP contribution in [0.25, 0.3) is 0 Å². The van der Waals surface area contributed by atoms with Gasteiger partial charge in [0.05, 0.1) is 9.32 Å². The van der Waals surface area contributed by atoms with Crippen molar-refractivity contribution < 1.29 is 0 Å². The molecule has 0 radical (unpaired) electrons. The fourth-order valence-electron chi connectivity index (χ4n) is 1.15. The Morgan fingerprint density at radius 3 is 2.69 bits per heavy atom. The Labute approximate surface area is 112 Å². The molecule has 1 aromatic heterocycles. The Morgan fingerprint density at radius 2 is 2.00 bits per heavy atom. The average molecular weight is 343 g/mol. The van der Waals surface area contributed by atoms with Gasteiger partial charge in [-0.05, 0) is 34.7 Å². The minimum atomic E-state index is 0.555. The molecule has 0 aliphatic carbocycles. The number of rotatable bonds is 3. The molecule has 82 valence electrons. The third-order valence-corrected chi connectivity index (χ3v) is 3.77. The van der Waals surface area contributed by atoms with E-state index in [-0.39, 0.29) is 0 Å². The van der Waals surface area contributed by atoms with Crippen molar-refractivity contribution in [3.05, 3.63) is 45.9 Å². The molecule has 16 heavy (non-hydrogen) atoms. The zero-order valence-corrected chi connectivity index (χ0v) is 11.4. The van der Waals surface area contributed by atoms with Crippen LogP contribution in [0, 0.1) is 3.57 Å². The summed E-state index contributed by atoms with van der Waals surface area (Å²) in [6, 6.07) is 10.2. The van der Waals surface area contributed by atoms with Crippen LogP contribution in [-0.4, -0.2) is 9.97 Å².